The van der Waals surface area contributed by atoms with Gasteiger partial charge in [-0.15, -0.1) is 11.3 Å². The molecule has 1 aliphatic rings. The number of thiophene rings is 1. The molecular weight excluding hydrogens is 498 g/mol. The van der Waals surface area contributed by atoms with Crippen LogP contribution in [-0.4, -0.2) is 28.5 Å². The molecule has 3 aromatic heterocycles. The van der Waals surface area contributed by atoms with Gasteiger partial charge in [0.05, 0.1) is 10.9 Å². The summed E-state index contributed by atoms with van der Waals surface area (Å²) in [5, 5.41) is 10.6. The highest BCUT2D eigenvalue weighted by Gasteiger charge is 2.23. The topological polar surface area (TPSA) is 123 Å². The average Bonchev–Trinajstić information content (AvgIpc) is 3.51. The van der Waals surface area contributed by atoms with Gasteiger partial charge in [-0.25, -0.2) is 4.98 Å². The fraction of sp³-hybridized carbons (Fsp3) is 0.310. The maximum Gasteiger partial charge on any atom is 0.277 e. The van der Waals surface area contributed by atoms with Gasteiger partial charge in [0.2, 0.25) is 0 Å². The van der Waals surface area contributed by atoms with Crippen molar-refractivity contribution in [2.45, 2.75) is 46.6 Å². The van der Waals surface area contributed by atoms with Crippen molar-refractivity contribution >= 4 is 45.1 Å². The molecule has 0 aliphatic heterocycles. The van der Waals surface area contributed by atoms with E-state index in [0.29, 0.717) is 16.3 Å². The summed E-state index contributed by atoms with van der Waals surface area (Å²) in [6, 6.07) is 12.4. The summed E-state index contributed by atoms with van der Waals surface area (Å²) >= 11 is 1.39. The number of carbonyl (C=O) groups is 2. The second-order valence-electron chi connectivity index (χ2n) is 10.6. The lowest BCUT2D eigenvalue weighted by atomic mass is 9.79. The molecule has 0 saturated carbocycles. The number of carbonyl (C=O) groups excluding carboxylic acids is 2. The Kier molecular flexibility index (Phi) is 6.90. The highest BCUT2D eigenvalue weighted by Crippen LogP contribution is 2.37. The minimum Gasteiger partial charge on any atom is -0.361 e. The number of aryl methyl sites for hydroxylation is 2. The van der Waals surface area contributed by atoms with Gasteiger partial charge in [-0.05, 0) is 60.6 Å². The summed E-state index contributed by atoms with van der Waals surface area (Å²) in [4.78, 5) is 32.0. The lowest BCUT2D eigenvalue weighted by Crippen LogP contribution is -2.33. The zero-order valence-corrected chi connectivity index (χ0v) is 22.7. The molecule has 3 heterocycles. The van der Waals surface area contributed by atoms with Gasteiger partial charge < -0.3 is 20.9 Å². The number of benzene rings is 1. The van der Waals surface area contributed by atoms with Crippen molar-refractivity contribution in [3.8, 4) is 0 Å². The first-order valence-corrected chi connectivity index (χ1v) is 13.4. The van der Waals surface area contributed by atoms with Gasteiger partial charge in [-0.1, -0.05) is 49.7 Å². The summed E-state index contributed by atoms with van der Waals surface area (Å²) in [6.07, 6.45) is 4.17. The van der Waals surface area contributed by atoms with Gasteiger partial charge in [-0.2, -0.15) is 0 Å². The number of anilines is 1. The molecule has 196 valence electrons. The number of hydrogen-bond donors (Lipinski definition) is 3. The molecule has 0 saturated heterocycles. The van der Waals surface area contributed by atoms with Crippen LogP contribution in [-0.2, 0) is 6.42 Å². The standard InChI is InChI=1S/C29H31N5O3S/c1-16-10-23(34-37-16)26(35)31-21-7-5-6-17(13-21)24(15-30)32-27(36)25-14-19-11-18-12-20(29(2,3)4)8-9-22(18)33-28(19)38-25/h5-7,10-14,24H,8-9,15,30H2,1-4H3,(H,31,35)(H,32,36)/t24-/m1/s1. The third kappa shape index (κ3) is 5.39. The molecule has 1 aliphatic carbocycles. The Labute approximate surface area is 225 Å². The monoisotopic (exact) mass is 529 g/mol. The number of pyridine rings is 1. The number of hydrogen-bond acceptors (Lipinski definition) is 7. The van der Waals surface area contributed by atoms with Crippen LogP contribution in [0.5, 0.6) is 0 Å². The highest BCUT2D eigenvalue weighted by atomic mass is 32.1. The highest BCUT2D eigenvalue weighted by molar-refractivity contribution is 7.20. The molecule has 0 spiro atoms. The summed E-state index contributed by atoms with van der Waals surface area (Å²) in [5.74, 6) is -0.0327. The largest absolute Gasteiger partial charge is 0.361 e. The van der Waals surface area contributed by atoms with Crippen LogP contribution in [0.2, 0.25) is 0 Å². The minimum atomic E-state index is -0.433. The van der Waals surface area contributed by atoms with E-state index in [1.807, 2.05) is 12.1 Å². The Morgan fingerprint density at radius 1 is 1.13 bits per heavy atom. The number of aromatic nitrogens is 2. The molecule has 0 radical (unpaired) electrons. The molecule has 0 unspecified atom stereocenters. The second kappa shape index (κ2) is 10.2. The lowest BCUT2D eigenvalue weighted by Gasteiger charge is -2.26. The summed E-state index contributed by atoms with van der Waals surface area (Å²) < 4.78 is 4.98. The van der Waals surface area contributed by atoms with E-state index in [2.05, 4.69) is 48.7 Å². The number of nitrogens with zero attached hydrogens (tertiary/aromatic N) is 2. The van der Waals surface area contributed by atoms with Crippen LogP contribution < -0.4 is 16.4 Å². The van der Waals surface area contributed by atoms with Crippen molar-refractivity contribution in [1.82, 2.24) is 15.5 Å². The molecular formula is C29H31N5O3S. The van der Waals surface area contributed by atoms with E-state index in [1.54, 1.807) is 31.2 Å². The summed E-state index contributed by atoms with van der Waals surface area (Å²) in [7, 11) is 0. The molecule has 0 bridgehead atoms. The van der Waals surface area contributed by atoms with Crippen LogP contribution in [0.4, 0.5) is 5.69 Å². The molecule has 1 atom stereocenters. The fourth-order valence-corrected chi connectivity index (χ4v) is 5.51. The van der Waals surface area contributed by atoms with Crippen LogP contribution in [0.25, 0.3) is 16.3 Å². The van der Waals surface area contributed by atoms with Crippen LogP contribution in [0.3, 0.4) is 0 Å². The number of rotatable bonds is 6. The van der Waals surface area contributed by atoms with E-state index in [1.165, 1.54) is 16.9 Å². The van der Waals surface area contributed by atoms with Gasteiger partial charge in [0, 0.05) is 29.4 Å². The molecule has 4 N–H and O–H groups in total. The Bertz CT molecular complexity index is 1560. The van der Waals surface area contributed by atoms with E-state index in [0.717, 1.165) is 39.9 Å². The molecule has 0 fully saturated rings. The molecule has 8 nitrogen and oxygen atoms in total. The normalized spacial score (nSPS) is 14.1. The van der Waals surface area contributed by atoms with E-state index < -0.39 is 6.04 Å². The Hall–Kier alpha value is -3.82. The maximum atomic E-state index is 13.2. The van der Waals surface area contributed by atoms with Crippen LogP contribution >= 0.6 is 11.3 Å². The zero-order valence-electron chi connectivity index (χ0n) is 21.9. The number of amides is 2. The van der Waals surface area contributed by atoms with E-state index in [9.17, 15) is 9.59 Å². The first-order valence-electron chi connectivity index (χ1n) is 12.6. The Morgan fingerprint density at radius 3 is 2.66 bits per heavy atom. The van der Waals surface area contributed by atoms with Gasteiger partial charge in [0.15, 0.2) is 5.69 Å². The smallest absolute Gasteiger partial charge is 0.277 e. The Morgan fingerprint density at radius 2 is 1.95 bits per heavy atom. The van der Waals surface area contributed by atoms with Crippen molar-refractivity contribution in [3.63, 3.8) is 0 Å². The van der Waals surface area contributed by atoms with E-state index in [-0.39, 0.29) is 29.5 Å². The van der Waals surface area contributed by atoms with Crippen LogP contribution in [0.15, 0.2) is 52.6 Å². The van der Waals surface area contributed by atoms with Crippen molar-refractivity contribution in [2.75, 3.05) is 11.9 Å². The predicted molar refractivity (Wildman–Crippen MR) is 150 cm³/mol. The molecule has 1 aromatic carbocycles. The first-order chi connectivity index (χ1) is 18.1. The quantitative estimate of drug-likeness (QED) is 0.297. The van der Waals surface area contributed by atoms with Crippen molar-refractivity contribution < 1.29 is 14.1 Å². The third-order valence-corrected chi connectivity index (χ3v) is 7.76. The molecule has 38 heavy (non-hydrogen) atoms. The van der Waals surface area contributed by atoms with Crippen LogP contribution in [0, 0.1) is 12.3 Å². The Balaban J connectivity index is 1.33. The maximum absolute atomic E-state index is 13.2. The van der Waals surface area contributed by atoms with Gasteiger partial charge >= 0.3 is 0 Å². The molecule has 5 rings (SSSR count). The zero-order chi connectivity index (χ0) is 27.0. The SMILES string of the molecule is Cc1cc(C(=O)Nc2cccc([C@@H](CN)NC(=O)c3cc4cc5c(nc4s3)CCC(C(C)(C)C)=C5)c2)no1. The fourth-order valence-electron chi connectivity index (χ4n) is 4.58. The van der Waals surface area contributed by atoms with Gasteiger partial charge in [0.25, 0.3) is 11.8 Å². The molecule has 9 heteroatoms. The van der Waals surface area contributed by atoms with Gasteiger partial charge in [-0.3, -0.25) is 9.59 Å². The molecule has 2 amide bonds. The van der Waals surface area contributed by atoms with Crippen molar-refractivity contribution in [1.29, 1.82) is 0 Å². The lowest BCUT2D eigenvalue weighted by molar-refractivity contribution is 0.0941. The number of nitrogens with two attached hydrogens (primary N) is 1. The third-order valence-electron chi connectivity index (χ3n) is 6.72. The summed E-state index contributed by atoms with van der Waals surface area (Å²) in [5.41, 5.74) is 11.3. The number of nitrogens with one attached hydrogen (secondary N) is 2. The van der Waals surface area contributed by atoms with Gasteiger partial charge in [0.1, 0.15) is 10.6 Å². The second-order valence-corrected chi connectivity index (χ2v) is 11.6. The van der Waals surface area contributed by atoms with Crippen molar-refractivity contribution in [2.24, 2.45) is 11.1 Å². The van der Waals surface area contributed by atoms with Crippen LogP contribution in [0.1, 0.15) is 76.0 Å². The number of allylic oxidation sites excluding steroid dienone is 1. The predicted octanol–water partition coefficient (Wildman–Crippen LogP) is 5.65. The van der Waals surface area contributed by atoms with E-state index >= 15 is 0 Å². The van der Waals surface area contributed by atoms with E-state index in [4.69, 9.17) is 15.2 Å². The summed E-state index contributed by atoms with van der Waals surface area (Å²) in [6.45, 7) is 8.62. The van der Waals surface area contributed by atoms with Crippen molar-refractivity contribution in [3.05, 3.63) is 81.2 Å². The average molecular weight is 530 g/mol. The minimum absolute atomic E-state index is 0.124. The first kappa shape index (κ1) is 25.8. The number of fused-ring (bicyclic) bond motifs is 2. The molecule has 4 aromatic rings.